The summed E-state index contributed by atoms with van der Waals surface area (Å²) in [6, 6.07) is 6.79. The fourth-order valence-electron chi connectivity index (χ4n) is 2.08. The Kier molecular flexibility index (Phi) is 5.63. The van der Waals surface area contributed by atoms with Crippen molar-refractivity contribution in [1.29, 1.82) is 0 Å². The Hall–Kier alpha value is -2.61. The molecule has 8 heteroatoms. The van der Waals surface area contributed by atoms with E-state index in [1.165, 1.54) is 18.2 Å². The average Bonchev–Trinajstić information content (AvgIpc) is 2.56. The first-order chi connectivity index (χ1) is 11.7. The second kappa shape index (κ2) is 7.52. The topological polar surface area (TPSA) is 106 Å². The summed E-state index contributed by atoms with van der Waals surface area (Å²) in [5.41, 5.74) is 0.948. The van der Waals surface area contributed by atoms with Gasteiger partial charge in [-0.3, -0.25) is 4.72 Å². The predicted octanol–water partition coefficient (Wildman–Crippen LogP) is 2.93. The second-order valence-corrected chi connectivity index (χ2v) is 7.34. The Bertz CT molecular complexity index is 878. The van der Waals surface area contributed by atoms with Gasteiger partial charge in [0.2, 0.25) is 5.88 Å². The van der Waals surface area contributed by atoms with Crippen LogP contribution in [0.5, 0.6) is 5.88 Å². The Labute approximate surface area is 146 Å². The maximum Gasteiger partial charge on any atom is 0.335 e. The van der Waals surface area contributed by atoms with Gasteiger partial charge >= 0.3 is 5.97 Å². The number of carboxylic acid groups (broad SMARTS) is 1. The zero-order valence-corrected chi connectivity index (χ0v) is 15.0. The zero-order valence-electron chi connectivity index (χ0n) is 14.2. The third kappa shape index (κ3) is 4.69. The van der Waals surface area contributed by atoms with Crippen molar-refractivity contribution in [1.82, 2.24) is 4.98 Å². The molecule has 0 fully saturated rings. The minimum Gasteiger partial charge on any atom is -0.478 e. The van der Waals surface area contributed by atoms with Gasteiger partial charge in [0, 0.05) is 6.20 Å². The maximum atomic E-state index is 12.6. The van der Waals surface area contributed by atoms with Gasteiger partial charge in [-0.1, -0.05) is 13.0 Å². The Morgan fingerprint density at radius 2 is 2.04 bits per heavy atom. The first-order valence-corrected chi connectivity index (χ1v) is 9.23. The van der Waals surface area contributed by atoms with E-state index in [9.17, 15) is 13.2 Å². The lowest BCUT2D eigenvalue weighted by molar-refractivity contribution is 0.0696. The van der Waals surface area contributed by atoms with Crippen LogP contribution in [0.4, 0.5) is 5.69 Å². The van der Waals surface area contributed by atoms with Crippen LogP contribution in [0.25, 0.3) is 0 Å². The van der Waals surface area contributed by atoms with Gasteiger partial charge in [0.05, 0.1) is 16.6 Å². The molecule has 0 aliphatic heterocycles. The lowest BCUT2D eigenvalue weighted by atomic mass is 10.2. The third-order valence-corrected chi connectivity index (χ3v) is 4.66. The molecule has 7 nitrogen and oxygen atoms in total. The first kappa shape index (κ1) is 18.7. The van der Waals surface area contributed by atoms with Crippen LogP contribution in [0.1, 0.15) is 36.7 Å². The van der Waals surface area contributed by atoms with Crippen LogP contribution in [0, 0.1) is 0 Å². The van der Waals surface area contributed by atoms with Crippen molar-refractivity contribution >= 4 is 21.7 Å². The molecule has 0 aliphatic rings. The minimum atomic E-state index is -3.99. The molecule has 1 aromatic heterocycles. The molecule has 1 aromatic carbocycles. The van der Waals surface area contributed by atoms with Gasteiger partial charge in [-0.15, -0.1) is 0 Å². The van der Waals surface area contributed by atoms with Crippen LogP contribution >= 0.6 is 0 Å². The van der Waals surface area contributed by atoms with E-state index in [2.05, 4.69) is 9.71 Å². The summed E-state index contributed by atoms with van der Waals surface area (Å²) in [5, 5.41) is 9.03. The van der Waals surface area contributed by atoms with Crippen LogP contribution < -0.4 is 9.46 Å². The molecule has 0 saturated carbocycles. The van der Waals surface area contributed by atoms with Gasteiger partial charge in [0.25, 0.3) is 10.0 Å². The molecule has 0 bridgehead atoms. The van der Waals surface area contributed by atoms with E-state index in [-0.39, 0.29) is 28.1 Å². The van der Waals surface area contributed by atoms with Gasteiger partial charge in [0.15, 0.2) is 0 Å². The second-order valence-electron chi connectivity index (χ2n) is 5.65. The van der Waals surface area contributed by atoms with Gasteiger partial charge in [-0.25, -0.2) is 18.2 Å². The van der Waals surface area contributed by atoms with Crippen molar-refractivity contribution in [2.24, 2.45) is 0 Å². The summed E-state index contributed by atoms with van der Waals surface area (Å²) in [4.78, 5) is 15.1. The fraction of sp³-hybridized carbons (Fsp3) is 0.294. The van der Waals surface area contributed by atoms with E-state index in [4.69, 9.17) is 9.84 Å². The number of anilines is 1. The summed E-state index contributed by atoms with van der Waals surface area (Å²) in [7, 11) is -3.99. The third-order valence-electron chi connectivity index (χ3n) is 3.30. The molecule has 0 unspecified atom stereocenters. The Morgan fingerprint density at radius 1 is 1.32 bits per heavy atom. The largest absolute Gasteiger partial charge is 0.478 e. The number of aromatic nitrogens is 1. The van der Waals surface area contributed by atoms with Crippen LogP contribution in [0.2, 0.25) is 0 Å². The lowest BCUT2D eigenvalue weighted by Gasteiger charge is -2.15. The Morgan fingerprint density at radius 3 is 2.64 bits per heavy atom. The van der Waals surface area contributed by atoms with Gasteiger partial charge < -0.3 is 9.84 Å². The van der Waals surface area contributed by atoms with E-state index >= 15 is 0 Å². The number of ether oxygens (including phenoxy) is 1. The molecule has 0 spiro atoms. The highest BCUT2D eigenvalue weighted by Gasteiger charge is 2.19. The van der Waals surface area contributed by atoms with E-state index < -0.39 is 16.0 Å². The number of sulfonamides is 1. The number of rotatable bonds is 7. The number of hydrogen-bond acceptors (Lipinski definition) is 5. The highest BCUT2D eigenvalue weighted by atomic mass is 32.2. The lowest BCUT2D eigenvalue weighted by Crippen LogP contribution is -2.16. The summed E-state index contributed by atoms with van der Waals surface area (Å²) in [6.07, 6.45) is 2.12. The van der Waals surface area contributed by atoms with Gasteiger partial charge in [-0.2, -0.15) is 0 Å². The average molecular weight is 364 g/mol. The number of carboxylic acids is 1. The molecule has 25 heavy (non-hydrogen) atoms. The Balaban J connectivity index is 2.43. The summed E-state index contributed by atoms with van der Waals surface area (Å²) in [5.74, 6) is -1.03. The van der Waals surface area contributed by atoms with Crippen LogP contribution in [0.15, 0.2) is 41.4 Å². The van der Waals surface area contributed by atoms with Crippen LogP contribution in [-0.4, -0.2) is 30.6 Å². The number of aryl methyl sites for hydroxylation is 1. The highest BCUT2D eigenvalue weighted by molar-refractivity contribution is 7.92. The zero-order chi connectivity index (χ0) is 18.6. The minimum absolute atomic E-state index is 0.109. The molecule has 2 N–H and O–H groups in total. The fourth-order valence-corrected chi connectivity index (χ4v) is 3.17. The monoisotopic (exact) mass is 364 g/mol. The van der Waals surface area contributed by atoms with Crippen molar-refractivity contribution < 1.29 is 23.1 Å². The van der Waals surface area contributed by atoms with Crippen molar-refractivity contribution in [3.63, 3.8) is 0 Å². The molecule has 0 aliphatic carbocycles. The molecular weight excluding hydrogens is 344 g/mol. The van der Waals surface area contributed by atoms with Crippen LogP contribution in [0.3, 0.4) is 0 Å². The number of nitrogens with one attached hydrogen (secondary N) is 1. The predicted molar refractivity (Wildman–Crippen MR) is 93.6 cm³/mol. The normalized spacial score (nSPS) is 11.4. The van der Waals surface area contributed by atoms with Crippen molar-refractivity contribution in [2.45, 2.75) is 38.2 Å². The molecule has 0 radical (unpaired) electrons. The number of nitrogens with zero attached hydrogens (tertiary/aromatic N) is 1. The number of hydrogen-bond donors (Lipinski definition) is 2. The number of benzene rings is 1. The first-order valence-electron chi connectivity index (χ1n) is 7.74. The van der Waals surface area contributed by atoms with E-state index in [0.29, 0.717) is 6.42 Å². The number of pyridine rings is 1. The van der Waals surface area contributed by atoms with E-state index in [0.717, 1.165) is 11.6 Å². The summed E-state index contributed by atoms with van der Waals surface area (Å²) < 4.78 is 33.3. The quantitative estimate of drug-likeness (QED) is 0.782. The maximum absolute atomic E-state index is 12.6. The summed E-state index contributed by atoms with van der Waals surface area (Å²) in [6.45, 7) is 5.54. The smallest absolute Gasteiger partial charge is 0.335 e. The van der Waals surface area contributed by atoms with Gasteiger partial charge in [0.1, 0.15) is 5.69 Å². The van der Waals surface area contributed by atoms with Crippen LogP contribution in [-0.2, 0) is 16.4 Å². The van der Waals surface area contributed by atoms with Crippen molar-refractivity contribution in [2.75, 3.05) is 4.72 Å². The van der Waals surface area contributed by atoms with E-state index in [1.54, 1.807) is 12.3 Å². The van der Waals surface area contributed by atoms with E-state index in [1.807, 2.05) is 20.8 Å². The number of aromatic carboxylic acids is 1. The highest BCUT2D eigenvalue weighted by Crippen LogP contribution is 2.27. The SMILES string of the molecule is CCc1cnc(OC(C)C)c(NS(=O)(=O)c2cccc(C(=O)O)c2)c1. The molecule has 134 valence electrons. The summed E-state index contributed by atoms with van der Waals surface area (Å²) >= 11 is 0. The molecule has 1 heterocycles. The molecular formula is C17H20N2O5S. The molecule has 0 saturated heterocycles. The molecule has 0 atom stereocenters. The van der Waals surface area contributed by atoms with Crippen molar-refractivity contribution in [3.05, 3.63) is 47.7 Å². The number of carbonyl (C=O) groups is 1. The molecule has 0 amide bonds. The standard InChI is InChI=1S/C17H20N2O5S/c1-4-12-8-15(16(18-10-12)24-11(2)3)19-25(22,23)14-7-5-6-13(9-14)17(20)21/h5-11,19H,4H2,1-3H3,(H,20,21). The molecule has 2 rings (SSSR count). The molecule has 2 aromatic rings. The van der Waals surface area contributed by atoms with Gasteiger partial charge in [-0.05, 0) is 50.1 Å². The van der Waals surface area contributed by atoms with Crippen molar-refractivity contribution in [3.8, 4) is 5.88 Å².